The summed E-state index contributed by atoms with van der Waals surface area (Å²) in [6, 6.07) is 3.18. The molecule has 0 radical (unpaired) electrons. The lowest BCUT2D eigenvalue weighted by Gasteiger charge is -2.11. The van der Waals surface area contributed by atoms with Crippen LogP contribution in [-0.4, -0.2) is 32.3 Å². The highest BCUT2D eigenvalue weighted by Gasteiger charge is 2.31. The molecule has 0 atom stereocenters. The van der Waals surface area contributed by atoms with Crippen LogP contribution in [0.1, 0.15) is 12.5 Å². The van der Waals surface area contributed by atoms with Crippen molar-refractivity contribution < 1.29 is 27.4 Å². The van der Waals surface area contributed by atoms with Crippen molar-refractivity contribution in [3.05, 3.63) is 28.8 Å². The molecular weight excluding hydrogens is 311 g/mol. The van der Waals surface area contributed by atoms with Crippen LogP contribution in [0.4, 0.5) is 18.9 Å². The van der Waals surface area contributed by atoms with Crippen molar-refractivity contribution in [2.24, 2.45) is 0 Å². The van der Waals surface area contributed by atoms with Gasteiger partial charge in [0.2, 0.25) is 0 Å². The van der Waals surface area contributed by atoms with Crippen LogP contribution < -0.4 is 5.32 Å². The smallest absolute Gasteiger partial charge is 0.416 e. The zero-order valence-corrected chi connectivity index (χ0v) is 12.1. The fourth-order valence-electron chi connectivity index (χ4n) is 1.48. The minimum Gasteiger partial charge on any atom is -0.464 e. The average molecular weight is 326 g/mol. The Morgan fingerprint density at radius 2 is 2.05 bits per heavy atom. The first-order chi connectivity index (χ1) is 9.82. The van der Waals surface area contributed by atoms with Gasteiger partial charge in [0.25, 0.3) is 0 Å². The Bertz CT molecular complexity index is 480. The van der Waals surface area contributed by atoms with Gasteiger partial charge in [0.15, 0.2) is 0 Å². The molecule has 1 aromatic carbocycles. The van der Waals surface area contributed by atoms with E-state index in [1.165, 1.54) is 6.07 Å². The van der Waals surface area contributed by atoms with E-state index < -0.39 is 17.7 Å². The summed E-state index contributed by atoms with van der Waals surface area (Å²) in [5.41, 5.74) is -0.598. The van der Waals surface area contributed by atoms with E-state index in [9.17, 15) is 18.0 Å². The number of ether oxygens (including phenoxy) is 2. The van der Waals surface area contributed by atoms with Gasteiger partial charge in [-0.3, -0.25) is 0 Å². The third-order valence-electron chi connectivity index (χ3n) is 2.33. The standard InChI is InChI=1S/C13H15ClF3NO3/c1-2-21-12(19)8-20-4-3-18-11-6-9(13(15,16)17)5-10(14)7-11/h5-7,18H,2-4,8H2,1H3. The zero-order valence-electron chi connectivity index (χ0n) is 11.3. The Morgan fingerprint density at radius 3 is 2.67 bits per heavy atom. The first-order valence-electron chi connectivity index (χ1n) is 6.18. The molecule has 0 saturated carbocycles. The Labute approximate surface area is 125 Å². The van der Waals surface area contributed by atoms with Crippen molar-refractivity contribution in [3.63, 3.8) is 0 Å². The third-order valence-corrected chi connectivity index (χ3v) is 2.54. The molecule has 0 unspecified atom stereocenters. The molecule has 1 N–H and O–H groups in total. The summed E-state index contributed by atoms with van der Waals surface area (Å²) in [6.07, 6.45) is -4.46. The highest BCUT2D eigenvalue weighted by molar-refractivity contribution is 6.30. The van der Waals surface area contributed by atoms with Crippen molar-refractivity contribution in [2.45, 2.75) is 13.1 Å². The van der Waals surface area contributed by atoms with Gasteiger partial charge in [-0.05, 0) is 25.1 Å². The van der Waals surface area contributed by atoms with Crippen LogP contribution in [0.2, 0.25) is 5.02 Å². The highest BCUT2D eigenvalue weighted by atomic mass is 35.5. The number of alkyl halides is 3. The number of hydrogen-bond donors (Lipinski definition) is 1. The van der Waals surface area contributed by atoms with E-state index in [4.69, 9.17) is 16.3 Å². The molecule has 0 amide bonds. The van der Waals surface area contributed by atoms with Gasteiger partial charge >= 0.3 is 12.1 Å². The van der Waals surface area contributed by atoms with E-state index in [1.807, 2.05) is 0 Å². The highest BCUT2D eigenvalue weighted by Crippen LogP contribution is 2.33. The van der Waals surface area contributed by atoms with Crippen LogP contribution in [0.15, 0.2) is 18.2 Å². The van der Waals surface area contributed by atoms with Gasteiger partial charge in [-0.2, -0.15) is 13.2 Å². The van der Waals surface area contributed by atoms with Crippen LogP contribution in [0.5, 0.6) is 0 Å². The maximum Gasteiger partial charge on any atom is 0.416 e. The maximum atomic E-state index is 12.6. The van der Waals surface area contributed by atoms with E-state index >= 15 is 0 Å². The molecule has 0 aliphatic carbocycles. The van der Waals surface area contributed by atoms with Crippen LogP contribution in [-0.2, 0) is 20.4 Å². The lowest BCUT2D eigenvalue weighted by atomic mass is 10.2. The molecule has 0 aromatic heterocycles. The minimum atomic E-state index is -4.46. The normalized spacial score (nSPS) is 11.3. The van der Waals surface area contributed by atoms with Crippen LogP contribution in [0.3, 0.4) is 0 Å². The fraction of sp³-hybridized carbons (Fsp3) is 0.462. The van der Waals surface area contributed by atoms with Gasteiger partial charge in [0, 0.05) is 17.3 Å². The van der Waals surface area contributed by atoms with Crippen molar-refractivity contribution in [1.82, 2.24) is 0 Å². The molecule has 0 fully saturated rings. The van der Waals surface area contributed by atoms with Gasteiger partial charge in [-0.25, -0.2) is 4.79 Å². The molecule has 0 spiro atoms. The zero-order chi connectivity index (χ0) is 15.9. The Kier molecular flexibility index (Phi) is 6.77. The second-order valence-corrected chi connectivity index (χ2v) is 4.45. The van der Waals surface area contributed by atoms with Crippen LogP contribution in [0, 0.1) is 0 Å². The Morgan fingerprint density at radius 1 is 1.33 bits per heavy atom. The molecule has 118 valence electrons. The number of esters is 1. The first-order valence-corrected chi connectivity index (χ1v) is 6.55. The first kappa shape index (κ1) is 17.6. The number of benzene rings is 1. The largest absolute Gasteiger partial charge is 0.464 e. The molecule has 0 heterocycles. The Balaban J connectivity index is 2.42. The molecule has 1 aromatic rings. The summed E-state index contributed by atoms with van der Waals surface area (Å²) in [5, 5.41) is 2.73. The summed E-state index contributed by atoms with van der Waals surface area (Å²) in [4.78, 5) is 11.0. The lowest BCUT2D eigenvalue weighted by molar-refractivity contribution is -0.148. The van der Waals surface area contributed by atoms with E-state index in [-0.39, 0.29) is 37.1 Å². The second-order valence-electron chi connectivity index (χ2n) is 4.01. The monoisotopic (exact) mass is 325 g/mol. The van der Waals surface area contributed by atoms with Crippen molar-refractivity contribution in [3.8, 4) is 0 Å². The lowest BCUT2D eigenvalue weighted by Crippen LogP contribution is -2.16. The van der Waals surface area contributed by atoms with Gasteiger partial charge in [0.1, 0.15) is 6.61 Å². The summed E-state index contributed by atoms with van der Waals surface area (Å²) < 4.78 is 47.4. The van der Waals surface area contributed by atoms with Crippen molar-refractivity contribution in [1.29, 1.82) is 0 Å². The summed E-state index contributed by atoms with van der Waals surface area (Å²) in [7, 11) is 0. The molecule has 0 saturated heterocycles. The van der Waals surface area contributed by atoms with Gasteiger partial charge in [-0.15, -0.1) is 0 Å². The number of halogens is 4. The SMILES string of the molecule is CCOC(=O)COCCNc1cc(Cl)cc(C(F)(F)F)c1. The van der Waals surface area contributed by atoms with E-state index in [0.29, 0.717) is 0 Å². The maximum absolute atomic E-state index is 12.6. The van der Waals surface area contributed by atoms with Gasteiger partial charge in [-0.1, -0.05) is 11.6 Å². The van der Waals surface area contributed by atoms with Gasteiger partial charge in [0.05, 0.1) is 18.8 Å². The molecule has 21 heavy (non-hydrogen) atoms. The molecule has 1 rings (SSSR count). The second kappa shape index (κ2) is 8.09. The van der Waals surface area contributed by atoms with Crippen LogP contribution >= 0.6 is 11.6 Å². The minimum absolute atomic E-state index is 0.0141. The van der Waals surface area contributed by atoms with Gasteiger partial charge < -0.3 is 14.8 Å². The number of nitrogens with one attached hydrogen (secondary N) is 1. The van der Waals surface area contributed by atoms with Crippen LogP contribution in [0.25, 0.3) is 0 Å². The number of hydrogen-bond acceptors (Lipinski definition) is 4. The average Bonchev–Trinajstić information content (AvgIpc) is 2.37. The predicted molar refractivity (Wildman–Crippen MR) is 72.4 cm³/mol. The van der Waals surface area contributed by atoms with Crippen molar-refractivity contribution >= 4 is 23.3 Å². The van der Waals surface area contributed by atoms with E-state index in [1.54, 1.807) is 6.92 Å². The van der Waals surface area contributed by atoms with E-state index in [2.05, 4.69) is 10.1 Å². The van der Waals surface area contributed by atoms with Crippen molar-refractivity contribution in [2.75, 3.05) is 31.7 Å². The molecular formula is C13H15ClF3NO3. The molecule has 0 bridgehead atoms. The third kappa shape index (κ3) is 6.68. The summed E-state index contributed by atoms with van der Waals surface area (Å²) >= 11 is 5.64. The number of rotatable bonds is 7. The number of anilines is 1. The fourth-order valence-corrected chi connectivity index (χ4v) is 1.72. The molecule has 0 aliphatic rings. The Hall–Kier alpha value is -1.47. The summed E-state index contributed by atoms with van der Waals surface area (Å²) in [5.74, 6) is -0.486. The topological polar surface area (TPSA) is 47.6 Å². The number of carbonyl (C=O) groups excluding carboxylic acids is 1. The number of carbonyl (C=O) groups is 1. The molecule has 4 nitrogen and oxygen atoms in total. The molecule has 0 aliphatic heterocycles. The van der Waals surface area contributed by atoms with E-state index in [0.717, 1.165) is 12.1 Å². The summed E-state index contributed by atoms with van der Waals surface area (Å²) in [6.45, 7) is 2.13. The quantitative estimate of drug-likeness (QED) is 0.617. The predicted octanol–water partition coefficient (Wildman–Crippen LogP) is 3.35. The molecule has 8 heteroatoms.